The first-order valence-corrected chi connectivity index (χ1v) is 11.5. The second kappa shape index (κ2) is 9.57. The van der Waals surface area contributed by atoms with Crippen molar-refractivity contribution < 1.29 is 22.3 Å². The van der Waals surface area contributed by atoms with Gasteiger partial charge >= 0.3 is 0 Å². The number of piperidine rings is 1. The summed E-state index contributed by atoms with van der Waals surface area (Å²) in [5.74, 6) is -0.348. The predicted molar refractivity (Wildman–Crippen MR) is 112 cm³/mol. The standard InChI is InChI=1S/C22H27FN2O4S/c1-3-29-20-10-12-21(13-11-20)30(27,28)25-14-4-5-18(15-25)22(26)24-16(2)17-6-8-19(23)9-7-17/h6-13,16,18H,3-5,14-15H2,1-2H3,(H,24,26)/t16-,18+/m0/s1. The third-order valence-electron chi connectivity index (χ3n) is 5.26. The number of hydrogen-bond donors (Lipinski definition) is 1. The summed E-state index contributed by atoms with van der Waals surface area (Å²) in [7, 11) is -3.69. The van der Waals surface area contributed by atoms with Crippen molar-refractivity contribution in [2.24, 2.45) is 5.92 Å². The largest absolute Gasteiger partial charge is 0.494 e. The zero-order valence-electron chi connectivity index (χ0n) is 17.2. The minimum atomic E-state index is -3.69. The van der Waals surface area contributed by atoms with E-state index in [2.05, 4.69) is 5.32 Å². The lowest BCUT2D eigenvalue weighted by Crippen LogP contribution is -2.45. The van der Waals surface area contributed by atoms with Crippen LogP contribution in [0.2, 0.25) is 0 Å². The van der Waals surface area contributed by atoms with Crippen LogP contribution < -0.4 is 10.1 Å². The number of amides is 1. The first kappa shape index (κ1) is 22.2. The van der Waals surface area contributed by atoms with Crippen LogP contribution in [0.25, 0.3) is 0 Å². The van der Waals surface area contributed by atoms with E-state index in [4.69, 9.17) is 4.74 Å². The van der Waals surface area contributed by atoms with Crippen LogP contribution in [0, 0.1) is 11.7 Å². The smallest absolute Gasteiger partial charge is 0.243 e. The molecule has 1 aliphatic rings. The second-order valence-corrected chi connectivity index (χ2v) is 9.33. The molecule has 0 radical (unpaired) electrons. The fourth-order valence-electron chi connectivity index (χ4n) is 3.56. The van der Waals surface area contributed by atoms with Crippen molar-refractivity contribution in [1.29, 1.82) is 0 Å². The second-order valence-electron chi connectivity index (χ2n) is 7.39. The van der Waals surface area contributed by atoms with E-state index >= 15 is 0 Å². The molecule has 1 heterocycles. The average molecular weight is 435 g/mol. The SMILES string of the molecule is CCOc1ccc(S(=O)(=O)N2CCC[C@@H](C(=O)N[C@@H](C)c3ccc(F)cc3)C2)cc1. The number of nitrogens with one attached hydrogen (secondary N) is 1. The summed E-state index contributed by atoms with van der Waals surface area (Å²) >= 11 is 0. The number of sulfonamides is 1. The molecule has 1 N–H and O–H groups in total. The maximum Gasteiger partial charge on any atom is 0.243 e. The molecular formula is C22H27FN2O4S. The number of ether oxygens (including phenoxy) is 1. The third kappa shape index (κ3) is 5.17. The Morgan fingerprint density at radius 3 is 2.50 bits per heavy atom. The Balaban J connectivity index is 1.66. The number of hydrogen-bond acceptors (Lipinski definition) is 4. The van der Waals surface area contributed by atoms with E-state index in [9.17, 15) is 17.6 Å². The van der Waals surface area contributed by atoms with Gasteiger partial charge in [0.1, 0.15) is 11.6 Å². The van der Waals surface area contributed by atoms with Gasteiger partial charge in [-0.05, 0) is 68.7 Å². The Morgan fingerprint density at radius 1 is 1.20 bits per heavy atom. The summed E-state index contributed by atoms with van der Waals surface area (Å²) in [6.45, 7) is 4.71. The van der Waals surface area contributed by atoms with Crippen molar-refractivity contribution in [3.8, 4) is 5.75 Å². The molecule has 2 aromatic rings. The van der Waals surface area contributed by atoms with E-state index < -0.39 is 15.9 Å². The number of nitrogens with zero attached hydrogens (tertiary/aromatic N) is 1. The highest BCUT2D eigenvalue weighted by Gasteiger charge is 2.33. The van der Waals surface area contributed by atoms with E-state index in [-0.39, 0.29) is 29.2 Å². The Morgan fingerprint density at radius 2 is 1.87 bits per heavy atom. The number of halogens is 1. The molecule has 2 atom stereocenters. The normalized spacial score (nSPS) is 18.6. The Bertz CT molecular complexity index is 962. The van der Waals surface area contributed by atoms with Crippen LogP contribution in [0.5, 0.6) is 5.75 Å². The highest BCUT2D eigenvalue weighted by molar-refractivity contribution is 7.89. The van der Waals surface area contributed by atoms with Crippen LogP contribution in [0.4, 0.5) is 4.39 Å². The highest BCUT2D eigenvalue weighted by Crippen LogP contribution is 2.26. The van der Waals surface area contributed by atoms with E-state index in [0.29, 0.717) is 31.7 Å². The van der Waals surface area contributed by atoms with Gasteiger partial charge in [-0.2, -0.15) is 4.31 Å². The molecule has 0 aromatic heterocycles. The topological polar surface area (TPSA) is 75.7 Å². The molecule has 162 valence electrons. The van der Waals surface area contributed by atoms with Gasteiger partial charge in [0.25, 0.3) is 0 Å². The minimum absolute atomic E-state index is 0.136. The van der Waals surface area contributed by atoms with Crippen molar-refractivity contribution in [2.75, 3.05) is 19.7 Å². The van der Waals surface area contributed by atoms with Crippen LogP contribution >= 0.6 is 0 Å². The van der Waals surface area contributed by atoms with Gasteiger partial charge in [-0.3, -0.25) is 4.79 Å². The lowest BCUT2D eigenvalue weighted by Gasteiger charge is -2.32. The maximum atomic E-state index is 13.1. The van der Waals surface area contributed by atoms with E-state index in [1.165, 1.54) is 28.6 Å². The fourth-order valence-corrected chi connectivity index (χ4v) is 5.09. The van der Waals surface area contributed by atoms with Crippen LogP contribution in [-0.4, -0.2) is 38.3 Å². The number of benzene rings is 2. The van der Waals surface area contributed by atoms with Crippen LogP contribution in [0.1, 0.15) is 38.3 Å². The zero-order chi connectivity index (χ0) is 21.7. The molecule has 0 unspecified atom stereocenters. The monoisotopic (exact) mass is 434 g/mol. The molecule has 1 amide bonds. The Kier molecular flexibility index (Phi) is 7.10. The van der Waals surface area contributed by atoms with E-state index in [1.54, 1.807) is 24.3 Å². The summed E-state index contributed by atoms with van der Waals surface area (Å²) in [5, 5.41) is 2.92. The highest BCUT2D eigenvalue weighted by atomic mass is 32.2. The van der Waals surface area contributed by atoms with Crippen molar-refractivity contribution in [3.05, 3.63) is 59.9 Å². The molecular weight excluding hydrogens is 407 g/mol. The Hall–Kier alpha value is -2.45. The molecule has 0 spiro atoms. The molecule has 2 aromatic carbocycles. The van der Waals surface area contributed by atoms with Crippen molar-refractivity contribution in [2.45, 2.75) is 37.6 Å². The van der Waals surface area contributed by atoms with Gasteiger partial charge in [-0.1, -0.05) is 12.1 Å². The summed E-state index contributed by atoms with van der Waals surface area (Å²) in [6.07, 6.45) is 1.23. The van der Waals surface area contributed by atoms with Crippen LogP contribution in [0.15, 0.2) is 53.4 Å². The van der Waals surface area contributed by atoms with Gasteiger partial charge in [0.05, 0.1) is 23.5 Å². The van der Waals surface area contributed by atoms with Crippen molar-refractivity contribution in [1.82, 2.24) is 9.62 Å². The molecule has 8 heteroatoms. The zero-order valence-corrected chi connectivity index (χ0v) is 18.0. The molecule has 1 fully saturated rings. The van der Waals surface area contributed by atoms with E-state index in [0.717, 1.165) is 5.56 Å². The molecule has 3 rings (SSSR count). The van der Waals surface area contributed by atoms with E-state index in [1.807, 2.05) is 13.8 Å². The maximum absolute atomic E-state index is 13.1. The number of carbonyl (C=O) groups is 1. The quantitative estimate of drug-likeness (QED) is 0.724. The molecule has 1 saturated heterocycles. The van der Waals surface area contributed by atoms with Crippen LogP contribution in [-0.2, 0) is 14.8 Å². The van der Waals surface area contributed by atoms with Gasteiger partial charge in [-0.25, -0.2) is 12.8 Å². The first-order valence-electron chi connectivity index (χ1n) is 10.1. The molecule has 0 aliphatic carbocycles. The molecule has 1 aliphatic heterocycles. The third-order valence-corrected chi connectivity index (χ3v) is 7.14. The lowest BCUT2D eigenvalue weighted by atomic mass is 9.98. The molecule has 30 heavy (non-hydrogen) atoms. The molecule has 0 saturated carbocycles. The minimum Gasteiger partial charge on any atom is -0.494 e. The predicted octanol–water partition coefficient (Wildman–Crippen LogP) is 3.50. The fraction of sp³-hybridized carbons (Fsp3) is 0.409. The van der Waals surface area contributed by atoms with Gasteiger partial charge < -0.3 is 10.1 Å². The summed E-state index contributed by atoms with van der Waals surface area (Å²) in [5.41, 5.74) is 0.791. The summed E-state index contributed by atoms with van der Waals surface area (Å²) < 4.78 is 45.9. The van der Waals surface area contributed by atoms with Crippen molar-refractivity contribution >= 4 is 15.9 Å². The number of carbonyl (C=O) groups excluding carboxylic acids is 1. The summed E-state index contributed by atoms with van der Waals surface area (Å²) in [4.78, 5) is 12.9. The van der Waals surface area contributed by atoms with Gasteiger partial charge in [0.2, 0.25) is 15.9 Å². The van der Waals surface area contributed by atoms with Gasteiger partial charge in [0, 0.05) is 13.1 Å². The first-order chi connectivity index (χ1) is 14.3. The molecule has 6 nitrogen and oxygen atoms in total. The van der Waals surface area contributed by atoms with Crippen LogP contribution in [0.3, 0.4) is 0 Å². The lowest BCUT2D eigenvalue weighted by molar-refractivity contribution is -0.126. The average Bonchev–Trinajstić information content (AvgIpc) is 2.75. The number of rotatable bonds is 7. The summed E-state index contributed by atoms with van der Waals surface area (Å²) in [6, 6.07) is 12.0. The Labute approximate surface area is 177 Å². The van der Waals surface area contributed by atoms with Crippen molar-refractivity contribution in [3.63, 3.8) is 0 Å². The molecule has 0 bridgehead atoms. The van der Waals surface area contributed by atoms with Gasteiger partial charge in [0.15, 0.2) is 0 Å². The van der Waals surface area contributed by atoms with Gasteiger partial charge in [-0.15, -0.1) is 0 Å².